The van der Waals surface area contributed by atoms with Gasteiger partial charge in [-0.2, -0.15) is 0 Å². The van der Waals surface area contributed by atoms with Gasteiger partial charge in [0.2, 0.25) is 0 Å². The normalized spacial score (nSPS) is 14.8. The molecule has 19 heavy (non-hydrogen) atoms. The van der Waals surface area contributed by atoms with Crippen molar-refractivity contribution in [2.75, 3.05) is 18.9 Å². The van der Waals surface area contributed by atoms with Crippen molar-refractivity contribution >= 4 is 11.5 Å². The van der Waals surface area contributed by atoms with Crippen LogP contribution >= 0.6 is 0 Å². The number of aliphatic hydroxyl groups is 5. The molecule has 7 nitrogen and oxygen atoms in total. The minimum absolute atomic E-state index is 0.767. The smallest absolute Gasteiger partial charge is 0.189 e. The first-order valence-electron chi connectivity index (χ1n) is 5.53. The SMILES string of the molecule is Nc1ccccc1.O=C(CO)C(O)C(O)C(O)CO. The molecule has 0 aliphatic carbocycles. The van der Waals surface area contributed by atoms with Crippen LogP contribution in [0.15, 0.2) is 30.3 Å². The van der Waals surface area contributed by atoms with Crippen LogP contribution in [0.3, 0.4) is 0 Å². The van der Waals surface area contributed by atoms with E-state index in [1.807, 2.05) is 30.3 Å². The molecule has 0 aromatic heterocycles. The zero-order valence-corrected chi connectivity index (χ0v) is 10.3. The molecule has 1 aromatic rings. The molecule has 1 aromatic carbocycles. The summed E-state index contributed by atoms with van der Waals surface area (Å²) in [7, 11) is 0. The summed E-state index contributed by atoms with van der Waals surface area (Å²) >= 11 is 0. The van der Waals surface area contributed by atoms with Crippen LogP contribution in [0.5, 0.6) is 0 Å². The van der Waals surface area contributed by atoms with E-state index in [2.05, 4.69) is 0 Å². The van der Waals surface area contributed by atoms with E-state index >= 15 is 0 Å². The van der Waals surface area contributed by atoms with Crippen LogP contribution in [0.4, 0.5) is 5.69 Å². The second-order valence-electron chi connectivity index (χ2n) is 3.72. The largest absolute Gasteiger partial charge is 0.399 e. The lowest BCUT2D eigenvalue weighted by Gasteiger charge is -2.19. The minimum Gasteiger partial charge on any atom is -0.399 e. The zero-order chi connectivity index (χ0) is 14.8. The van der Waals surface area contributed by atoms with Crippen LogP contribution in [0.25, 0.3) is 0 Å². The number of hydrogen-bond acceptors (Lipinski definition) is 7. The molecule has 0 amide bonds. The van der Waals surface area contributed by atoms with Gasteiger partial charge in [-0.1, -0.05) is 18.2 Å². The monoisotopic (exact) mass is 273 g/mol. The van der Waals surface area contributed by atoms with Crippen LogP contribution in [-0.4, -0.2) is 62.8 Å². The molecule has 7 N–H and O–H groups in total. The molecule has 7 heteroatoms. The van der Waals surface area contributed by atoms with E-state index < -0.39 is 37.3 Å². The molecular formula is C12H19NO6. The van der Waals surface area contributed by atoms with E-state index in [9.17, 15) is 4.79 Å². The number of ketones is 1. The summed E-state index contributed by atoms with van der Waals surface area (Å²) < 4.78 is 0. The fourth-order valence-electron chi connectivity index (χ4n) is 1.06. The summed E-state index contributed by atoms with van der Waals surface area (Å²) in [5.41, 5.74) is 6.18. The molecule has 3 atom stereocenters. The number of carbonyl (C=O) groups is 1. The Morgan fingerprint density at radius 2 is 1.63 bits per heavy atom. The quantitative estimate of drug-likeness (QED) is 0.337. The molecule has 0 bridgehead atoms. The van der Waals surface area contributed by atoms with Crippen molar-refractivity contribution in [2.24, 2.45) is 0 Å². The van der Waals surface area contributed by atoms with Crippen LogP contribution in [0, 0.1) is 0 Å². The molecule has 0 saturated heterocycles. The topological polar surface area (TPSA) is 144 Å². The second kappa shape index (κ2) is 9.42. The molecular weight excluding hydrogens is 254 g/mol. The first-order chi connectivity index (χ1) is 8.93. The van der Waals surface area contributed by atoms with Crippen molar-refractivity contribution in [2.45, 2.75) is 18.3 Å². The summed E-state index contributed by atoms with van der Waals surface area (Å²) in [6.45, 7) is -1.69. The van der Waals surface area contributed by atoms with Crippen molar-refractivity contribution < 1.29 is 30.3 Å². The number of carbonyl (C=O) groups excluding carboxylic acids is 1. The van der Waals surface area contributed by atoms with Gasteiger partial charge in [0.25, 0.3) is 0 Å². The Morgan fingerprint density at radius 3 is 1.95 bits per heavy atom. The van der Waals surface area contributed by atoms with E-state index in [0.717, 1.165) is 5.69 Å². The number of aliphatic hydroxyl groups excluding tert-OH is 5. The molecule has 0 spiro atoms. The zero-order valence-electron chi connectivity index (χ0n) is 10.3. The van der Waals surface area contributed by atoms with E-state index in [1.54, 1.807) is 0 Å². The number of Topliss-reactive ketones (excluding diaryl/α,β-unsaturated/α-hetero) is 1. The van der Waals surface area contributed by atoms with Crippen LogP contribution in [0.2, 0.25) is 0 Å². The van der Waals surface area contributed by atoms with E-state index in [0.29, 0.717) is 0 Å². The predicted octanol–water partition coefficient (Wildman–Crippen LogP) is -2.11. The van der Waals surface area contributed by atoms with Gasteiger partial charge in [-0.15, -0.1) is 0 Å². The van der Waals surface area contributed by atoms with Crippen LogP contribution in [-0.2, 0) is 4.79 Å². The number of benzene rings is 1. The Balaban J connectivity index is 0.000000388. The minimum atomic E-state index is -1.86. The number of anilines is 1. The molecule has 0 heterocycles. The average molecular weight is 273 g/mol. The number of nitrogen functional groups attached to an aromatic ring is 1. The van der Waals surface area contributed by atoms with Gasteiger partial charge in [-0.25, -0.2) is 0 Å². The summed E-state index contributed by atoms with van der Waals surface area (Å²) in [4.78, 5) is 10.5. The van der Waals surface area contributed by atoms with Crippen molar-refractivity contribution in [3.63, 3.8) is 0 Å². The molecule has 0 aliphatic rings. The fraction of sp³-hybridized carbons (Fsp3) is 0.417. The first-order valence-corrected chi connectivity index (χ1v) is 5.53. The van der Waals surface area contributed by atoms with E-state index in [-0.39, 0.29) is 0 Å². The van der Waals surface area contributed by atoms with Crippen molar-refractivity contribution in [3.05, 3.63) is 30.3 Å². The van der Waals surface area contributed by atoms with Gasteiger partial charge < -0.3 is 31.3 Å². The van der Waals surface area contributed by atoms with Gasteiger partial charge in [0.1, 0.15) is 24.9 Å². The van der Waals surface area contributed by atoms with Gasteiger partial charge in [-0.3, -0.25) is 4.79 Å². The van der Waals surface area contributed by atoms with E-state index in [1.165, 1.54) is 0 Å². The molecule has 3 unspecified atom stereocenters. The average Bonchev–Trinajstić information content (AvgIpc) is 2.45. The van der Waals surface area contributed by atoms with Gasteiger partial charge in [0.05, 0.1) is 6.61 Å². The number of hydrogen-bond donors (Lipinski definition) is 6. The van der Waals surface area contributed by atoms with Crippen molar-refractivity contribution in [1.29, 1.82) is 0 Å². The van der Waals surface area contributed by atoms with E-state index in [4.69, 9.17) is 31.3 Å². The summed E-state index contributed by atoms with van der Waals surface area (Å²) in [6, 6.07) is 9.49. The van der Waals surface area contributed by atoms with Crippen molar-refractivity contribution in [3.8, 4) is 0 Å². The highest BCUT2D eigenvalue weighted by atomic mass is 16.4. The number of nitrogens with two attached hydrogens (primary N) is 1. The summed E-state index contributed by atoms with van der Waals surface area (Å²) in [5, 5.41) is 43.1. The Bertz CT molecular complexity index is 358. The molecule has 108 valence electrons. The maximum Gasteiger partial charge on any atom is 0.189 e. The molecule has 0 saturated carbocycles. The Labute approximate surface area is 110 Å². The molecule has 0 aliphatic heterocycles. The maximum atomic E-state index is 10.5. The summed E-state index contributed by atoms with van der Waals surface area (Å²) in [5.74, 6) is -1.00. The molecule has 0 radical (unpaired) electrons. The third-order valence-electron chi connectivity index (χ3n) is 2.19. The van der Waals surface area contributed by atoms with Gasteiger partial charge in [0.15, 0.2) is 5.78 Å². The van der Waals surface area contributed by atoms with Gasteiger partial charge in [-0.05, 0) is 12.1 Å². The lowest BCUT2D eigenvalue weighted by molar-refractivity contribution is -0.142. The highest BCUT2D eigenvalue weighted by Crippen LogP contribution is 2.00. The predicted molar refractivity (Wildman–Crippen MR) is 68.1 cm³/mol. The van der Waals surface area contributed by atoms with Crippen molar-refractivity contribution in [1.82, 2.24) is 0 Å². The second-order valence-corrected chi connectivity index (χ2v) is 3.72. The highest BCUT2D eigenvalue weighted by Gasteiger charge is 2.28. The number of rotatable bonds is 5. The van der Waals surface area contributed by atoms with Crippen LogP contribution < -0.4 is 5.73 Å². The van der Waals surface area contributed by atoms with Gasteiger partial charge in [0, 0.05) is 5.69 Å². The fourth-order valence-corrected chi connectivity index (χ4v) is 1.06. The molecule has 0 fully saturated rings. The third kappa shape index (κ3) is 6.85. The lowest BCUT2D eigenvalue weighted by atomic mass is 10.1. The maximum absolute atomic E-state index is 10.5. The Morgan fingerprint density at radius 1 is 1.11 bits per heavy atom. The Kier molecular flexibility index (Phi) is 8.68. The number of para-hydroxylation sites is 1. The highest BCUT2D eigenvalue weighted by molar-refractivity contribution is 5.84. The van der Waals surface area contributed by atoms with Crippen LogP contribution in [0.1, 0.15) is 0 Å². The van der Waals surface area contributed by atoms with Gasteiger partial charge >= 0.3 is 0 Å². The lowest BCUT2D eigenvalue weighted by Crippen LogP contribution is -2.44. The first kappa shape index (κ1) is 17.5. The molecule has 1 rings (SSSR count). The summed E-state index contributed by atoms with van der Waals surface area (Å²) in [6.07, 6.45) is -5.22. The Hall–Kier alpha value is -1.51. The standard InChI is InChI=1S/C6H7N.C6H12O6/c7-6-4-2-1-3-5-6;7-1-3(9)5(11)6(12)4(10)2-8/h1-5H,7H2;3,5-9,11-12H,1-2H2. The third-order valence-corrected chi connectivity index (χ3v) is 2.19.